The van der Waals surface area contributed by atoms with E-state index in [0.29, 0.717) is 32.2 Å². The average Bonchev–Trinajstić information content (AvgIpc) is 3.76. The Hall–Kier alpha value is -2.70. The number of amides is 5. The Kier molecular flexibility index (Phi) is 10.5. The van der Waals surface area contributed by atoms with Crippen molar-refractivity contribution in [3.63, 3.8) is 0 Å². The zero-order chi connectivity index (χ0) is 37.1. The monoisotopic (exact) mass is 707 g/mol. The van der Waals surface area contributed by atoms with Crippen LogP contribution in [0.5, 0.6) is 0 Å². The number of rotatable bonds is 11. The summed E-state index contributed by atoms with van der Waals surface area (Å²) in [5, 5.41) is 10.6. The van der Waals surface area contributed by atoms with E-state index in [9.17, 15) is 32.4 Å². The van der Waals surface area contributed by atoms with Crippen molar-refractivity contribution in [2.24, 2.45) is 28.6 Å². The van der Waals surface area contributed by atoms with Gasteiger partial charge in [0, 0.05) is 13.1 Å². The number of likely N-dealkylation sites (N-methyl/N-ethyl adjacent to an activating group) is 1. The van der Waals surface area contributed by atoms with Gasteiger partial charge in [-0.1, -0.05) is 67.2 Å². The largest absolute Gasteiger partial charge is 0.350 e. The Labute approximate surface area is 293 Å². The van der Waals surface area contributed by atoms with Crippen LogP contribution in [-0.2, 0) is 29.0 Å². The maximum atomic E-state index is 14.5. The molecule has 4 N–H and O–H groups in total. The maximum Gasteiger partial charge on any atom is 0.315 e. The smallest absolute Gasteiger partial charge is 0.315 e. The van der Waals surface area contributed by atoms with Gasteiger partial charge in [-0.05, 0) is 82.5 Å². The van der Waals surface area contributed by atoms with Crippen molar-refractivity contribution < 1.29 is 32.4 Å². The van der Waals surface area contributed by atoms with E-state index in [1.165, 1.54) is 0 Å². The van der Waals surface area contributed by atoms with Gasteiger partial charge in [0.05, 0.1) is 15.5 Å². The summed E-state index contributed by atoms with van der Waals surface area (Å²) in [4.78, 5) is 70.0. The fraction of sp³-hybridized carbons (Fsp3) is 0.861. The summed E-state index contributed by atoms with van der Waals surface area (Å²) in [6.45, 7) is 20.6. The minimum atomic E-state index is -3.64. The molecule has 4 aliphatic rings. The number of piperidine rings is 1. The Bertz CT molecular complexity index is 1460. The van der Waals surface area contributed by atoms with Crippen LogP contribution in [0.2, 0.25) is 0 Å². The minimum Gasteiger partial charge on any atom is -0.350 e. The van der Waals surface area contributed by atoms with Gasteiger partial charge in [-0.2, -0.15) is 0 Å². The molecule has 5 amide bonds. The van der Waals surface area contributed by atoms with Crippen molar-refractivity contribution in [1.29, 1.82) is 0 Å². The molecule has 1 saturated heterocycles. The van der Waals surface area contributed by atoms with E-state index in [0.717, 1.165) is 19.3 Å². The van der Waals surface area contributed by atoms with Crippen LogP contribution in [0.3, 0.4) is 0 Å². The van der Waals surface area contributed by atoms with Gasteiger partial charge in [0.25, 0.3) is 5.91 Å². The van der Waals surface area contributed by atoms with Gasteiger partial charge in [-0.3, -0.25) is 19.2 Å². The lowest BCUT2D eigenvalue weighted by Crippen LogP contribution is -2.66. The van der Waals surface area contributed by atoms with Crippen molar-refractivity contribution in [3.8, 4) is 0 Å². The molecule has 12 nitrogen and oxygen atoms in total. The third-order valence-corrected chi connectivity index (χ3v) is 15.3. The third-order valence-electron chi connectivity index (χ3n) is 12.2. The van der Waals surface area contributed by atoms with Gasteiger partial charge in [-0.15, -0.1) is 0 Å². The summed E-state index contributed by atoms with van der Waals surface area (Å²) < 4.78 is 26.2. The predicted molar refractivity (Wildman–Crippen MR) is 188 cm³/mol. The quantitative estimate of drug-likeness (QED) is 0.238. The molecule has 13 heteroatoms. The number of urea groups is 1. The highest BCUT2D eigenvalue weighted by Gasteiger charge is 2.71. The van der Waals surface area contributed by atoms with Crippen LogP contribution >= 0.6 is 0 Å². The van der Waals surface area contributed by atoms with Crippen molar-refractivity contribution in [1.82, 2.24) is 26.2 Å². The molecule has 1 heterocycles. The number of nitrogens with one attached hydrogen (secondary N) is 4. The van der Waals surface area contributed by atoms with Crippen LogP contribution in [0.15, 0.2) is 0 Å². The van der Waals surface area contributed by atoms with Gasteiger partial charge in [-0.25, -0.2) is 13.2 Å². The van der Waals surface area contributed by atoms with Crippen molar-refractivity contribution in [3.05, 3.63) is 0 Å². The molecule has 4 fully saturated rings. The van der Waals surface area contributed by atoms with E-state index < -0.39 is 77.9 Å². The SMILES string of the molecule is CCNC(=O)C(=O)C1(NC(=O)[C@@H]2C3C(CN2C(=O)[C@H](NC(=O)NC2([C@@H](C)S(=O)(=O)C(C)(C)C)CCCCC2)C(C)(C)C)C3(C)C)C[C@@H]1CC. The fourth-order valence-corrected chi connectivity index (χ4v) is 10.7. The molecule has 0 aromatic carbocycles. The first-order valence-electron chi connectivity index (χ1n) is 18.2. The summed E-state index contributed by atoms with van der Waals surface area (Å²) >= 11 is 0. The number of ketones is 1. The summed E-state index contributed by atoms with van der Waals surface area (Å²) in [7, 11) is -3.64. The van der Waals surface area contributed by atoms with Crippen molar-refractivity contribution in [2.75, 3.05) is 13.1 Å². The molecule has 0 aromatic heterocycles. The molecule has 1 aliphatic heterocycles. The maximum absolute atomic E-state index is 14.5. The van der Waals surface area contributed by atoms with Gasteiger partial charge in [0.2, 0.25) is 17.6 Å². The summed E-state index contributed by atoms with van der Waals surface area (Å²) in [6.07, 6.45) is 4.48. The molecule has 0 aromatic rings. The second kappa shape index (κ2) is 13.1. The molecular weight excluding hydrogens is 646 g/mol. The minimum absolute atomic E-state index is 0.0619. The molecule has 0 bridgehead atoms. The number of carbonyl (C=O) groups excluding carboxylic acids is 5. The van der Waals surface area contributed by atoms with E-state index in [1.807, 2.05) is 27.7 Å². The van der Waals surface area contributed by atoms with Gasteiger partial charge in [0.15, 0.2) is 9.84 Å². The zero-order valence-corrected chi connectivity index (χ0v) is 32.4. The number of nitrogens with zero attached hydrogens (tertiary/aromatic N) is 1. The van der Waals surface area contributed by atoms with E-state index in [1.54, 1.807) is 39.5 Å². The van der Waals surface area contributed by atoms with Crippen LogP contribution in [-0.4, -0.2) is 89.1 Å². The number of hydrogen-bond acceptors (Lipinski definition) is 7. The van der Waals surface area contributed by atoms with E-state index in [4.69, 9.17) is 0 Å². The van der Waals surface area contributed by atoms with Crippen LogP contribution in [0.4, 0.5) is 4.79 Å². The molecule has 3 saturated carbocycles. The topological polar surface area (TPSA) is 171 Å². The Morgan fingerprint density at radius 3 is 2.00 bits per heavy atom. The van der Waals surface area contributed by atoms with Crippen LogP contribution in [0.1, 0.15) is 121 Å². The van der Waals surface area contributed by atoms with Crippen LogP contribution < -0.4 is 21.3 Å². The first-order valence-corrected chi connectivity index (χ1v) is 19.7. The molecule has 4 rings (SSSR count). The highest BCUT2D eigenvalue weighted by Crippen LogP contribution is 2.65. The molecule has 49 heavy (non-hydrogen) atoms. The van der Waals surface area contributed by atoms with Gasteiger partial charge < -0.3 is 26.2 Å². The molecular formula is C36H61N5O7S. The third kappa shape index (κ3) is 6.98. The second-order valence-corrected chi connectivity index (χ2v) is 20.8. The zero-order valence-electron chi connectivity index (χ0n) is 31.5. The normalized spacial score (nSPS) is 29.9. The highest BCUT2D eigenvalue weighted by molar-refractivity contribution is 7.93. The lowest BCUT2D eigenvalue weighted by atomic mass is 9.79. The highest BCUT2D eigenvalue weighted by atomic mass is 32.2. The Morgan fingerprint density at radius 2 is 1.51 bits per heavy atom. The van der Waals surface area contributed by atoms with Gasteiger partial charge >= 0.3 is 6.03 Å². The first-order chi connectivity index (χ1) is 22.4. The van der Waals surface area contributed by atoms with Crippen LogP contribution in [0.25, 0.3) is 0 Å². The van der Waals surface area contributed by atoms with E-state index in [2.05, 4.69) is 35.1 Å². The lowest BCUT2D eigenvalue weighted by molar-refractivity contribution is -0.145. The molecule has 0 spiro atoms. The Balaban J connectivity index is 1.59. The number of Topliss-reactive ketones (excluding diaryl/α,β-unsaturated/α-hetero) is 1. The average molecular weight is 708 g/mol. The molecule has 278 valence electrons. The molecule has 7 atom stereocenters. The number of sulfone groups is 1. The summed E-state index contributed by atoms with van der Waals surface area (Å²) in [5.41, 5.74) is -3.25. The number of carbonyl (C=O) groups is 5. The summed E-state index contributed by atoms with van der Waals surface area (Å²) in [6, 6.07) is -2.53. The standard InChI is InChI=1S/C36H61N5O7S/c1-12-22-19-36(22,27(42)29(44)37-13-2)39-28(43)25-24-23(34(24,10)11)20-41(25)30(45)26(32(4,5)6)38-31(46)40-35(17-15-14-16-18-35)21(3)49(47,48)33(7,8)9/h21-26H,12-20H2,1-11H3,(H,37,44)(H,39,43)(H2,38,40,46)/t21-,22+,23?,24?,25+,26+,36?/m1/s1. The lowest BCUT2D eigenvalue weighted by Gasteiger charge is -2.45. The number of hydrogen-bond donors (Lipinski definition) is 4. The predicted octanol–water partition coefficient (Wildman–Crippen LogP) is 3.48. The summed E-state index contributed by atoms with van der Waals surface area (Å²) in [5.74, 6) is -2.52. The Morgan fingerprint density at radius 1 is 0.918 bits per heavy atom. The van der Waals surface area contributed by atoms with Crippen molar-refractivity contribution >= 4 is 39.4 Å². The molecule has 0 radical (unpaired) electrons. The van der Waals surface area contributed by atoms with Crippen molar-refractivity contribution in [2.45, 2.75) is 154 Å². The first kappa shape index (κ1) is 39.1. The van der Waals surface area contributed by atoms with E-state index >= 15 is 0 Å². The fourth-order valence-electron chi connectivity index (χ4n) is 8.71. The second-order valence-electron chi connectivity index (χ2n) is 17.8. The van der Waals surface area contributed by atoms with E-state index in [-0.39, 0.29) is 29.7 Å². The number of fused-ring (bicyclic) bond motifs is 1. The molecule has 3 unspecified atom stereocenters. The number of likely N-dealkylation sites (tertiary alicyclic amines) is 1. The van der Waals surface area contributed by atoms with Gasteiger partial charge in [0.1, 0.15) is 17.6 Å². The van der Waals surface area contributed by atoms with Crippen LogP contribution in [0, 0.1) is 28.6 Å². The molecule has 3 aliphatic carbocycles.